The third kappa shape index (κ3) is 2.92. The predicted molar refractivity (Wildman–Crippen MR) is 73.9 cm³/mol. The van der Waals surface area contributed by atoms with E-state index in [2.05, 4.69) is 11.3 Å². The van der Waals surface area contributed by atoms with Gasteiger partial charge >= 0.3 is 0 Å². The second kappa shape index (κ2) is 5.50. The minimum absolute atomic E-state index is 0.0204. The van der Waals surface area contributed by atoms with Crippen molar-refractivity contribution in [2.24, 2.45) is 5.73 Å². The normalized spacial score (nSPS) is 18.5. The Labute approximate surface area is 117 Å². The SMILES string of the molecule is C=CCNS(=O)(=O)c1cc(Cl)cc2c1OCCC2N. The maximum atomic E-state index is 12.2. The summed E-state index contributed by atoms with van der Waals surface area (Å²) in [5.74, 6) is 0.291. The van der Waals surface area contributed by atoms with Crippen LogP contribution in [0.4, 0.5) is 0 Å². The minimum Gasteiger partial charge on any atom is -0.492 e. The molecule has 0 spiro atoms. The van der Waals surface area contributed by atoms with Crippen molar-refractivity contribution in [3.8, 4) is 5.75 Å². The van der Waals surface area contributed by atoms with Crippen LogP contribution < -0.4 is 15.2 Å². The van der Waals surface area contributed by atoms with Crippen LogP contribution in [0.25, 0.3) is 0 Å². The lowest BCUT2D eigenvalue weighted by molar-refractivity contribution is 0.261. The summed E-state index contributed by atoms with van der Waals surface area (Å²) in [6.07, 6.45) is 2.09. The van der Waals surface area contributed by atoms with Gasteiger partial charge in [0.15, 0.2) is 0 Å². The van der Waals surface area contributed by atoms with Crippen LogP contribution in [0, 0.1) is 0 Å². The molecule has 0 saturated heterocycles. The first kappa shape index (κ1) is 14.3. The van der Waals surface area contributed by atoms with E-state index in [1.165, 1.54) is 12.1 Å². The molecule has 2 rings (SSSR count). The number of sulfonamides is 1. The molecule has 7 heteroatoms. The number of hydrogen-bond acceptors (Lipinski definition) is 4. The van der Waals surface area contributed by atoms with E-state index in [4.69, 9.17) is 22.1 Å². The summed E-state index contributed by atoms with van der Waals surface area (Å²) in [5.41, 5.74) is 6.58. The van der Waals surface area contributed by atoms with Crippen LogP contribution in [0.5, 0.6) is 5.75 Å². The molecule has 0 aromatic heterocycles. The molecule has 0 saturated carbocycles. The summed E-state index contributed by atoms with van der Waals surface area (Å²) in [6.45, 7) is 3.99. The van der Waals surface area contributed by atoms with Gasteiger partial charge in [0.25, 0.3) is 0 Å². The predicted octanol–water partition coefficient (Wildman–Crippen LogP) is 1.59. The summed E-state index contributed by atoms with van der Waals surface area (Å²) in [5, 5.41) is 0.318. The molecule has 1 atom stereocenters. The van der Waals surface area contributed by atoms with Crippen LogP contribution in [-0.2, 0) is 10.0 Å². The van der Waals surface area contributed by atoms with Crippen molar-refractivity contribution >= 4 is 21.6 Å². The van der Waals surface area contributed by atoms with E-state index >= 15 is 0 Å². The molecule has 0 amide bonds. The van der Waals surface area contributed by atoms with Crippen molar-refractivity contribution < 1.29 is 13.2 Å². The lowest BCUT2D eigenvalue weighted by Gasteiger charge is -2.25. The van der Waals surface area contributed by atoms with Crippen molar-refractivity contribution in [3.05, 3.63) is 35.4 Å². The van der Waals surface area contributed by atoms with Gasteiger partial charge in [-0.1, -0.05) is 17.7 Å². The van der Waals surface area contributed by atoms with E-state index < -0.39 is 10.0 Å². The van der Waals surface area contributed by atoms with Crippen molar-refractivity contribution in [1.29, 1.82) is 0 Å². The first-order valence-corrected chi connectivity index (χ1v) is 7.64. The van der Waals surface area contributed by atoms with Crippen molar-refractivity contribution in [2.45, 2.75) is 17.4 Å². The number of ether oxygens (including phenoxy) is 1. The standard InChI is InChI=1S/C12H15ClN2O3S/c1-2-4-15-19(16,17)11-7-8(13)6-9-10(14)3-5-18-12(9)11/h2,6-7,10,15H,1,3-5,14H2. The highest BCUT2D eigenvalue weighted by molar-refractivity contribution is 7.89. The third-order valence-electron chi connectivity index (χ3n) is 2.83. The fourth-order valence-corrected chi connectivity index (χ4v) is 3.40. The number of nitrogens with one attached hydrogen (secondary N) is 1. The molecular formula is C12H15ClN2O3S. The zero-order valence-corrected chi connectivity index (χ0v) is 11.8. The van der Waals surface area contributed by atoms with Gasteiger partial charge in [-0.2, -0.15) is 0 Å². The van der Waals surface area contributed by atoms with Gasteiger partial charge in [-0.25, -0.2) is 13.1 Å². The van der Waals surface area contributed by atoms with Gasteiger partial charge in [0.05, 0.1) is 6.61 Å². The Bertz CT molecular complexity index is 601. The summed E-state index contributed by atoms with van der Waals surface area (Å²) >= 11 is 5.96. The highest BCUT2D eigenvalue weighted by Crippen LogP contribution is 2.38. The number of halogens is 1. The molecule has 1 aliphatic rings. The molecule has 1 aliphatic heterocycles. The van der Waals surface area contributed by atoms with Gasteiger partial charge in [0, 0.05) is 29.6 Å². The minimum atomic E-state index is -3.70. The first-order valence-electron chi connectivity index (χ1n) is 5.78. The summed E-state index contributed by atoms with van der Waals surface area (Å²) in [6, 6.07) is 2.74. The molecule has 0 radical (unpaired) electrons. The molecule has 1 aromatic carbocycles. The smallest absolute Gasteiger partial charge is 0.244 e. The van der Waals surface area contributed by atoms with Crippen molar-refractivity contribution in [2.75, 3.05) is 13.2 Å². The molecular weight excluding hydrogens is 288 g/mol. The van der Waals surface area contributed by atoms with Gasteiger partial charge < -0.3 is 10.5 Å². The van der Waals surface area contributed by atoms with Crippen LogP contribution in [0.1, 0.15) is 18.0 Å². The molecule has 0 fully saturated rings. The van der Waals surface area contributed by atoms with Gasteiger partial charge in [-0.3, -0.25) is 0 Å². The fourth-order valence-electron chi connectivity index (χ4n) is 1.91. The van der Waals surface area contributed by atoms with Gasteiger partial charge in [-0.05, 0) is 12.1 Å². The summed E-state index contributed by atoms with van der Waals surface area (Å²) in [4.78, 5) is 0.0204. The maximum absolute atomic E-state index is 12.2. The lowest BCUT2D eigenvalue weighted by atomic mass is 10.0. The second-order valence-corrected chi connectivity index (χ2v) is 6.38. The first-order chi connectivity index (χ1) is 8.95. The Morgan fingerprint density at radius 3 is 3.00 bits per heavy atom. The molecule has 19 heavy (non-hydrogen) atoms. The Morgan fingerprint density at radius 2 is 2.32 bits per heavy atom. The fraction of sp³-hybridized carbons (Fsp3) is 0.333. The van der Waals surface area contributed by atoms with Gasteiger partial charge in [0.1, 0.15) is 10.6 Å². The van der Waals surface area contributed by atoms with E-state index in [9.17, 15) is 8.42 Å². The van der Waals surface area contributed by atoms with E-state index in [1.807, 2.05) is 0 Å². The molecule has 0 aliphatic carbocycles. The Balaban J connectivity index is 2.54. The molecule has 104 valence electrons. The van der Waals surface area contributed by atoms with Gasteiger partial charge in [0.2, 0.25) is 10.0 Å². The van der Waals surface area contributed by atoms with Crippen LogP contribution in [0.2, 0.25) is 5.02 Å². The molecule has 1 heterocycles. The molecule has 5 nitrogen and oxygen atoms in total. The van der Waals surface area contributed by atoms with Crippen molar-refractivity contribution in [3.63, 3.8) is 0 Å². The Morgan fingerprint density at radius 1 is 1.58 bits per heavy atom. The number of fused-ring (bicyclic) bond motifs is 1. The molecule has 0 bridgehead atoms. The molecule has 3 N–H and O–H groups in total. The lowest BCUT2D eigenvalue weighted by Crippen LogP contribution is -2.27. The molecule has 1 unspecified atom stereocenters. The average molecular weight is 303 g/mol. The number of rotatable bonds is 4. The van der Waals surface area contributed by atoms with Crippen LogP contribution in [-0.4, -0.2) is 21.6 Å². The Hall–Kier alpha value is -1.08. The summed E-state index contributed by atoms with van der Waals surface area (Å²) < 4.78 is 32.2. The van der Waals surface area contributed by atoms with E-state index in [1.54, 1.807) is 6.07 Å². The number of benzene rings is 1. The largest absolute Gasteiger partial charge is 0.492 e. The zero-order chi connectivity index (χ0) is 14.0. The quantitative estimate of drug-likeness (QED) is 0.828. The van der Waals surface area contributed by atoms with Crippen LogP contribution in [0.15, 0.2) is 29.7 Å². The van der Waals surface area contributed by atoms with E-state index in [0.29, 0.717) is 29.4 Å². The van der Waals surface area contributed by atoms with E-state index in [0.717, 1.165) is 0 Å². The molecule has 1 aromatic rings. The van der Waals surface area contributed by atoms with Crippen LogP contribution in [0.3, 0.4) is 0 Å². The number of nitrogens with two attached hydrogens (primary N) is 1. The van der Waals surface area contributed by atoms with Gasteiger partial charge in [-0.15, -0.1) is 6.58 Å². The Kier molecular flexibility index (Phi) is 4.15. The summed E-state index contributed by atoms with van der Waals surface area (Å²) in [7, 11) is -3.70. The third-order valence-corrected chi connectivity index (χ3v) is 4.48. The van der Waals surface area contributed by atoms with Crippen LogP contribution >= 0.6 is 11.6 Å². The highest BCUT2D eigenvalue weighted by atomic mass is 35.5. The topological polar surface area (TPSA) is 81.4 Å². The average Bonchev–Trinajstić information content (AvgIpc) is 2.37. The van der Waals surface area contributed by atoms with E-state index in [-0.39, 0.29) is 17.5 Å². The monoisotopic (exact) mass is 302 g/mol. The number of hydrogen-bond donors (Lipinski definition) is 2. The highest BCUT2D eigenvalue weighted by Gasteiger charge is 2.28. The second-order valence-electron chi connectivity index (χ2n) is 4.21. The maximum Gasteiger partial charge on any atom is 0.244 e. The zero-order valence-electron chi connectivity index (χ0n) is 10.2. The van der Waals surface area contributed by atoms with Crippen molar-refractivity contribution in [1.82, 2.24) is 4.72 Å².